The van der Waals surface area contributed by atoms with Gasteiger partial charge in [-0.25, -0.2) is 4.98 Å². The van der Waals surface area contributed by atoms with Crippen LogP contribution in [0.1, 0.15) is 0 Å². The first kappa shape index (κ1) is 12.9. The van der Waals surface area contributed by atoms with Crippen molar-refractivity contribution in [2.75, 3.05) is 0 Å². The summed E-state index contributed by atoms with van der Waals surface area (Å²) in [6, 6.07) is 15.4. The first-order valence-electron chi connectivity index (χ1n) is 5.66. The lowest BCUT2D eigenvalue weighted by Crippen LogP contribution is -1.88. The minimum Gasteiger partial charge on any atom is -0.246 e. The van der Waals surface area contributed by atoms with Crippen LogP contribution in [-0.4, -0.2) is 4.98 Å². The van der Waals surface area contributed by atoms with Crippen molar-refractivity contribution in [3.63, 3.8) is 0 Å². The summed E-state index contributed by atoms with van der Waals surface area (Å²) in [5.74, 6) is 0. The Balaban J connectivity index is 2.34. The van der Waals surface area contributed by atoms with Crippen molar-refractivity contribution >= 4 is 50.0 Å². The first-order chi connectivity index (χ1) is 9.16. The molecule has 0 aliphatic carbocycles. The Morgan fingerprint density at radius 3 is 2.37 bits per heavy atom. The molecule has 0 saturated carbocycles. The summed E-state index contributed by atoms with van der Waals surface area (Å²) in [6.07, 6.45) is 0. The van der Waals surface area contributed by atoms with Crippen molar-refractivity contribution in [3.8, 4) is 11.3 Å². The normalized spacial score (nSPS) is 10.9. The average Bonchev–Trinajstić information content (AvgIpc) is 2.43. The lowest BCUT2D eigenvalue weighted by Gasteiger charge is -2.08. The Morgan fingerprint density at radius 1 is 0.895 bits per heavy atom. The highest BCUT2D eigenvalue weighted by Crippen LogP contribution is 2.36. The summed E-state index contributed by atoms with van der Waals surface area (Å²) in [5.41, 5.74) is 2.54. The maximum absolute atomic E-state index is 6.36. The van der Waals surface area contributed by atoms with Crippen LogP contribution in [0.3, 0.4) is 0 Å². The highest BCUT2D eigenvalue weighted by Gasteiger charge is 2.11. The van der Waals surface area contributed by atoms with Gasteiger partial charge < -0.3 is 0 Å². The summed E-state index contributed by atoms with van der Waals surface area (Å²) >= 11 is 16.1. The van der Waals surface area contributed by atoms with E-state index in [2.05, 4.69) is 20.9 Å². The minimum atomic E-state index is 0.595. The molecule has 3 rings (SSSR count). The molecule has 0 spiro atoms. The van der Waals surface area contributed by atoms with Gasteiger partial charge in [0.15, 0.2) is 0 Å². The van der Waals surface area contributed by atoms with Gasteiger partial charge in [0.05, 0.1) is 21.3 Å². The number of nitrogens with zero attached hydrogens (tertiary/aromatic N) is 1. The molecule has 0 aliphatic rings. The van der Waals surface area contributed by atoms with Crippen molar-refractivity contribution in [3.05, 3.63) is 63.0 Å². The van der Waals surface area contributed by atoms with Crippen LogP contribution in [0.4, 0.5) is 0 Å². The molecule has 3 aromatic rings. The predicted molar refractivity (Wildman–Crippen MR) is 84.9 cm³/mol. The van der Waals surface area contributed by atoms with Gasteiger partial charge in [-0.15, -0.1) is 0 Å². The van der Waals surface area contributed by atoms with E-state index in [0.717, 1.165) is 21.1 Å². The fourth-order valence-corrected chi connectivity index (χ4v) is 3.12. The van der Waals surface area contributed by atoms with Gasteiger partial charge in [-0.1, -0.05) is 69.5 Å². The van der Waals surface area contributed by atoms with E-state index in [1.54, 1.807) is 0 Å². The highest BCUT2D eigenvalue weighted by molar-refractivity contribution is 9.10. The van der Waals surface area contributed by atoms with Crippen LogP contribution in [0.5, 0.6) is 0 Å². The fraction of sp³-hybridized carbons (Fsp3) is 0. The third kappa shape index (κ3) is 2.36. The quantitative estimate of drug-likeness (QED) is 0.525. The SMILES string of the molecule is Clc1ccc(Br)c2c(Cl)cc(-c3ccccc3)nc12. The monoisotopic (exact) mass is 351 g/mol. The van der Waals surface area contributed by atoms with Crippen molar-refractivity contribution in [1.82, 2.24) is 4.98 Å². The lowest BCUT2D eigenvalue weighted by molar-refractivity contribution is 1.39. The maximum Gasteiger partial charge on any atom is 0.0922 e. The van der Waals surface area contributed by atoms with Crippen LogP contribution in [0.2, 0.25) is 10.0 Å². The molecule has 0 bridgehead atoms. The number of aromatic nitrogens is 1. The predicted octanol–water partition coefficient (Wildman–Crippen LogP) is 5.97. The van der Waals surface area contributed by atoms with Gasteiger partial charge in [0.1, 0.15) is 0 Å². The van der Waals surface area contributed by atoms with Crippen LogP contribution < -0.4 is 0 Å². The number of halogens is 3. The number of rotatable bonds is 1. The Morgan fingerprint density at radius 2 is 1.63 bits per heavy atom. The number of pyridine rings is 1. The Hall–Kier alpha value is -1.09. The average molecular weight is 353 g/mol. The molecule has 0 radical (unpaired) electrons. The van der Waals surface area contributed by atoms with E-state index in [4.69, 9.17) is 23.2 Å². The molecular weight excluding hydrogens is 345 g/mol. The summed E-state index contributed by atoms with van der Waals surface area (Å²) in [4.78, 5) is 4.62. The second-order valence-electron chi connectivity index (χ2n) is 4.11. The molecule has 0 saturated heterocycles. The first-order valence-corrected chi connectivity index (χ1v) is 7.21. The highest BCUT2D eigenvalue weighted by atomic mass is 79.9. The van der Waals surface area contributed by atoms with Gasteiger partial charge in [-0.05, 0) is 18.2 Å². The van der Waals surface area contributed by atoms with Gasteiger partial charge >= 0.3 is 0 Å². The molecule has 0 unspecified atom stereocenters. The van der Waals surface area contributed by atoms with E-state index < -0.39 is 0 Å². The van der Waals surface area contributed by atoms with E-state index >= 15 is 0 Å². The van der Waals surface area contributed by atoms with Crippen LogP contribution in [0, 0.1) is 0 Å². The number of hydrogen-bond donors (Lipinski definition) is 0. The molecule has 1 nitrogen and oxygen atoms in total. The number of benzene rings is 2. The zero-order chi connectivity index (χ0) is 13.4. The number of hydrogen-bond acceptors (Lipinski definition) is 1. The van der Waals surface area contributed by atoms with Crippen molar-refractivity contribution in [2.45, 2.75) is 0 Å². The van der Waals surface area contributed by atoms with Gasteiger partial charge in [0.2, 0.25) is 0 Å². The molecule has 4 heteroatoms. The molecule has 19 heavy (non-hydrogen) atoms. The summed E-state index contributed by atoms with van der Waals surface area (Å²) in [5, 5.41) is 2.07. The minimum absolute atomic E-state index is 0.595. The molecule has 1 heterocycles. The zero-order valence-corrected chi connectivity index (χ0v) is 12.8. The molecule has 0 atom stereocenters. The molecule has 94 valence electrons. The molecule has 0 fully saturated rings. The fourth-order valence-electron chi connectivity index (χ4n) is 1.98. The van der Waals surface area contributed by atoms with Crippen LogP contribution in [0.25, 0.3) is 22.2 Å². The van der Waals surface area contributed by atoms with Gasteiger partial charge in [-0.3, -0.25) is 0 Å². The Kier molecular flexibility index (Phi) is 3.48. The molecule has 2 aromatic carbocycles. The van der Waals surface area contributed by atoms with Gasteiger partial charge in [0.25, 0.3) is 0 Å². The second-order valence-corrected chi connectivity index (χ2v) is 5.78. The third-order valence-corrected chi connectivity index (χ3v) is 4.15. The van der Waals surface area contributed by atoms with Crippen LogP contribution in [-0.2, 0) is 0 Å². The second kappa shape index (κ2) is 5.12. The Labute approximate surface area is 129 Å². The van der Waals surface area contributed by atoms with Crippen molar-refractivity contribution in [1.29, 1.82) is 0 Å². The van der Waals surface area contributed by atoms with E-state index in [1.807, 2.05) is 48.5 Å². The van der Waals surface area contributed by atoms with E-state index in [1.165, 1.54) is 0 Å². The summed E-state index contributed by atoms with van der Waals surface area (Å²) in [6.45, 7) is 0. The molecule has 1 aromatic heterocycles. The topological polar surface area (TPSA) is 12.9 Å². The summed E-state index contributed by atoms with van der Waals surface area (Å²) < 4.78 is 0.893. The molecule has 0 aliphatic heterocycles. The van der Waals surface area contributed by atoms with Crippen molar-refractivity contribution < 1.29 is 0 Å². The largest absolute Gasteiger partial charge is 0.246 e. The van der Waals surface area contributed by atoms with E-state index in [-0.39, 0.29) is 0 Å². The molecule has 0 N–H and O–H groups in total. The smallest absolute Gasteiger partial charge is 0.0922 e. The van der Waals surface area contributed by atoms with Crippen LogP contribution >= 0.6 is 39.1 Å². The van der Waals surface area contributed by atoms with Gasteiger partial charge in [-0.2, -0.15) is 0 Å². The van der Waals surface area contributed by atoms with E-state index in [0.29, 0.717) is 15.6 Å². The Bertz CT molecular complexity index is 757. The molecular formula is C15H8BrCl2N. The van der Waals surface area contributed by atoms with Gasteiger partial charge in [0, 0.05) is 15.4 Å². The zero-order valence-electron chi connectivity index (χ0n) is 9.70. The van der Waals surface area contributed by atoms with Crippen molar-refractivity contribution in [2.24, 2.45) is 0 Å². The van der Waals surface area contributed by atoms with Crippen LogP contribution in [0.15, 0.2) is 53.0 Å². The third-order valence-electron chi connectivity index (χ3n) is 2.88. The standard InChI is InChI=1S/C15H8BrCl2N/c16-10-6-7-11(17)15-14(10)12(18)8-13(19-15)9-4-2-1-3-5-9/h1-8H. The number of fused-ring (bicyclic) bond motifs is 1. The summed E-state index contributed by atoms with van der Waals surface area (Å²) in [7, 11) is 0. The van der Waals surface area contributed by atoms with E-state index in [9.17, 15) is 0 Å². The maximum atomic E-state index is 6.36. The molecule has 0 amide bonds. The lowest BCUT2D eigenvalue weighted by atomic mass is 10.1.